The van der Waals surface area contributed by atoms with E-state index in [-0.39, 0.29) is 24.4 Å². The van der Waals surface area contributed by atoms with Crippen LogP contribution in [0.5, 0.6) is 0 Å². The number of hydrogen-bond acceptors (Lipinski definition) is 3. The summed E-state index contributed by atoms with van der Waals surface area (Å²) in [6, 6.07) is 0.154. The molecule has 0 aliphatic heterocycles. The molecule has 0 spiro atoms. The molecule has 0 radical (unpaired) electrons. The largest absolute Gasteiger partial charge is 0.383 e. The van der Waals surface area contributed by atoms with Crippen LogP contribution in [0.1, 0.15) is 45.4 Å². The van der Waals surface area contributed by atoms with E-state index in [1.807, 2.05) is 6.92 Å². The minimum atomic E-state index is 0. The lowest BCUT2D eigenvalue weighted by Crippen LogP contribution is -2.37. The minimum Gasteiger partial charge on any atom is -0.383 e. The van der Waals surface area contributed by atoms with E-state index in [0.29, 0.717) is 13.0 Å². The summed E-state index contributed by atoms with van der Waals surface area (Å²) in [7, 11) is 1.65. The molecule has 0 aliphatic rings. The molecule has 0 heterocycles. The number of methoxy groups -OCH3 is 1. The maximum Gasteiger partial charge on any atom is 0.220 e. The van der Waals surface area contributed by atoms with Crippen molar-refractivity contribution in [3.8, 4) is 0 Å². The van der Waals surface area contributed by atoms with E-state index in [1.165, 1.54) is 0 Å². The molecule has 0 rings (SSSR count). The number of rotatable bonds is 10. The third kappa shape index (κ3) is 11.9. The number of nitrogens with two attached hydrogens (primary N) is 1. The molecular formula is C12H27ClN2O2. The number of ether oxygens (including phenoxy) is 1. The van der Waals surface area contributed by atoms with Crippen molar-refractivity contribution < 1.29 is 9.53 Å². The van der Waals surface area contributed by atoms with Crippen LogP contribution in [0.3, 0.4) is 0 Å². The molecule has 0 fully saturated rings. The zero-order chi connectivity index (χ0) is 12.2. The summed E-state index contributed by atoms with van der Waals surface area (Å²) in [5.74, 6) is 0.136. The fourth-order valence-corrected chi connectivity index (χ4v) is 1.55. The average Bonchev–Trinajstić information content (AvgIpc) is 2.28. The van der Waals surface area contributed by atoms with Crippen LogP contribution >= 0.6 is 12.4 Å². The van der Waals surface area contributed by atoms with E-state index in [2.05, 4.69) is 5.32 Å². The Bertz CT molecular complexity index is 180. The number of amides is 1. The van der Waals surface area contributed by atoms with Crippen LogP contribution in [0.2, 0.25) is 0 Å². The van der Waals surface area contributed by atoms with Gasteiger partial charge in [-0.25, -0.2) is 0 Å². The summed E-state index contributed by atoms with van der Waals surface area (Å²) in [5.41, 5.74) is 5.39. The molecule has 0 aromatic heterocycles. The van der Waals surface area contributed by atoms with Gasteiger partial charge in [-0.2, -0.15) is 0 Å². The van der Waals surface area contributed by atoms with Crippen LogP contribution in [0, 0.1) is 0 Å². The average molecular weight is 267 g/mol. The summed E-state index contributed by atoms with van der Waals surface area (Å²) < 4.78 is 5.02. The molecule has 17 heavy (non-hydrogen) atoms. The predicted octanol–water partition coefficient (Wildman–Crippen LogP) is 1.86. The molecule has 4 nitrogen and oxygen atoms in total. The van der Waals surface area contributed by atoms with Gasteiger partial charge in [-0.15, -0.1) is 12.4 Å². The number of unbranched alkanes of at least 4 members (excludes halogenated alkanes) is 3. The van der Waals surface area contributed by atoms with Gasteiger partial charge in [0.1, 0.15) is 0 Å². The summed E-state index contributed by atoms with van der Waals surface area (Å²) in [4.78, 5) is 11.5. The summed E-state index contributed by atoms with van der Waals surface area (Å²) in [5, 5.41) is 2.97. The molecule has 0 saturated heterocycles. The quantitative estimate of drug-likeness (QED) is 0.593. The topological polar surface area (TPSA) is 64.3 Å². The van der Waals surface area contributed by atoms with Gasteiger partial charge in [0.25, 0.3) is 0 Å². The van der Waals surface area contributed by atoms with E-state index in [0.717, 1.165) is 38.6 Å². The fourth-order valence-electron chi connectivity index (χ4n) is 1.55. The van der Waals surface area contributed by atoms with Crippen molar-refractivity contribution in [1.82, 2.24) is 5.32 Å². The van der Waals surface area contributed by atoms with Gasteiger partial charge in [0.05, 0.1) is 12.6 Å². The lowest BCUT2D eigenvalue weighted by molar-refractivity contribution is -0.122. The van der Waals surface area contributed by atoms with Gasteiger partial charge in [-0.3, -0.25) is 4.79 Å². The number of hydrogen-bond donors (Lipinski definition) is 2. The second-order valence-electron chi connectivity index (χ2n) is 4.08. The summed E-state index contributed by atoms with van der Waals surface area (Å²) in [6.45, 7) is 3.39. The molecule has 0 bridgehead atoms. The molecule has 1 unspecified atom stereocenters. The van der Waals surface area contributed by atoms with Crippen molar-refractivity contribution >= 4 is 18.3 Å². The number of nitrogens with one attached hydrogen (secondary N) is 1. The van der Waals surface area contributed by atoms with Crippen molar-refractivity contribution in [3.05, 3.63) is 0 Å². The first-order valence-electron chi connectivity index (χ1n) is 6.23. The van der Waals surface area contributed by atoms with Crippen molar-refractivity contribution in [2.75, 3.05) is 20.3 Å². The molecule has 5 heteroatoms. The highest BCUT2D eigenvalue weighted by Crippen LogP contribution is 2.02. The lowest BCUT2D eigenvalue weighted by Gasteiger charge is -2.15. The summed E-state index contributed by atoms with van der Waals surface area (Å²) in [6.07, 6.45) is 5.75. The van der Waals surface area contributed by atoms with Crippen molar-refractivity contribution in [2.24, 2.45) is 5.73 Å². The Hall–Kier alpha value is -0.320. The van der Waals surface area contributed by atoms with Crippen molar-refractivity contribution in [2.45, 2.75) is 51.5 Å². The molecular weight excluding hydrogens is 240 g/mol. The molecule has 0 saturated carbocycles. The molecule has 104 valence electrons. The molecule has 0 aromatic rings. The van der Waals surface area contributed by atoms with Crippen LogP contribution < -0.4 is 11.1 Å². The maximum atomic E-state index is 11.5. The van der Waals surface area contributed by atoms with Crippen molar-refractivity contribution in [1.29, 1.82) is 0 Å². The van der Waals surface area contributed by atoms with Gasteiger partial charge in [-0.05, 0) is 25.8 Å². The Balaban J connectivity index is 0. The van der Waals surface area contributed by atoms with E-state index >= 15 is 0 Å². The van der Waals surface area contributed by atoms with Gasteiger partial charge >= 0.3 is 0 Å². The van der Waals surface area contributed by atoms with Gasteiger partial charge < -0.3 is 15.8 Å². The Labute approximate surface area is 111 Å². The van der Waals surface area contributed by atoms with Crippen LogP contribution in [0.25, 0.3) is 0 Å². The van der Waals surface area contributed by atoms with Gasteiger partial charge in [0.2, 0.25) is 5.91 Å². The Morgan fingerprint density at radius 3 is 2.47 bits per heavy atom. The third-order valence-electron chi connectivity index (χ3n) is 2.58. The summed E-state index contributed by atoms with van der Waals surface area (Å²) >= 11 is 0. The highest BCUT2D eigenvalue weighted by Gasteiger charge is 2.09. The predicted molar refractivity (Wildman–Crippen MR) is 73.5 cm³/mol. The minimum absolute atomic E-state index is 0. The van der Waals surface area contributed by atoms with Crippen LogP contribution in [-0.4, -0.2) is 32.2 Å². The second-order valence-corrected chi connectivity index (χ2v) is 4.08. The van der Waals surface area contributed by atoms with Crippen LogP contribution in [0.15, 0.2) is 0 Å². The standard InChI is InChI=1S/C12H26N2O2.ClH/c1-3-11(10-16-2)14-12(15)8-6-4-5-7-9-13;/h11H,3-10,13H2,1-2H3,(H,14,15);1H. The Morgan fingerprint density at radius 2 is 1.94 bits per heavy atom. The molecule has 0 aromatic carbocycles. The number of carbonyl (C=O) groups excluding carboxylic acids is 1. The normalized spacial score (nSPS) is 11.7. The zero-order valence-electron chi connectivity index (χ0n) is 11.0. The van der Waals surface area contributed by atoms with Gasteiger partial charge in [0.15, 0.2) is 0 Å². The van der Waals surface area contributed by atoms with Crippen LogP contribution in [-0.2, 0) is 9.53 Å². The first-order chi connectivity index (χ1) is 7.74. The zero-order valence-corrected chi connectivity index (χ0v) is 11.9. The first kappa shape index (κ1) is 19.0. The van der Waals surface area contributed by atoms with Crippen LogP contribution in [0.4, 0.5) is 0 Å². The van der Waals surface area contributed by atoms with Gasteiger partial charge in [0, 0.05) is 13.5 Å². The van der Waals surface area contributed by atoms with E-state index < -0.39 is 0 Å². The monoisotopic (exact) mass is 266 g/mol. The smallest absolute Gasteiger partial charge is 0.220 e. The molecule has 3 N–H and O–H groups in total. The third-order valence-corrected chi connectivity index (χ3v) is 2.58. The maximum absolute atomic E-state index is 11.5. The molecule has 0 aliphatic carbocycles. The van der Waals surface area contributed by atoms with Gasteiger partial charge in [-0.1, -0.05) is 19.8 Å². The molecule has 1 atom stereocenters. The fraction of sp³-hybridized carbons (Fsp3) is 0.917. The molecule has 1 amide bonds. The van der Waals surface area contributed by atoms with E-state index in [1.54, 1.807) is 7.11 Å². The highest BCUT2D eigenvalue weighted by molar-refractivity contribution is 5.85. The van der Waals surface area contributed by atoms with E-state index in [4.69, 9.17) is 10.5 Å². The Kier molecular flexibility index (Phi) is 15.4. The highest BCUT2D eigenvalue weighted by atomic mass is 35.5. The van der Waals surface area contributed by atoms with E-state index in [9.17, 15) is 4.79 Å². The SMILES string of the molecule is CCC(COC)NC(=O)CCCCCCN.Cl. The van der Waals surface area contributed by atoms with Crippen molar-refractivity contribution in [3.63, 3.8) is 0 Å². The number of halogens is 1. The first-order valence-corrected chi connectivity index (χ1v) is 6.23. The Morgan fingerprint density at radius 1 is 1.29 bits per heavy atom. The number of carbonyl (C=O) groups is 1. The second kappa shape index (κ2) is 13.7. The lowest BCUT2D eigenvalue weighted by atomic mass is 10.1.